The number of rotatable bonds is 6. The molecule has 1 heterocycles. The Labute approximate surface area is 148 Å². The van der Waals surface area contributed by atoms with E-state index >= 15 is 0 Å². The molecule has 0 amide bonds. The average Bonchev–Trinajstić information content (AvgIpc) is 2.61. The molecule has 0 aliphatic rings. The van der Waals surface area contributed by atoms with Crippen molar-refractivity contribution in [2.24, 2.45) is 0 Å². The molecule has 9 heteroatoms. The first-order valence-corrected chi connectivity index (χ1v) is 7.60. The molecule has 25 heavy (non-hydrogen) atoms. The summed E-state index contributed by atoms with van der Waals surface area (Å²) in [5.74, 6) is 0.0907. The minimum atomic E-state index is -0.554. The monoisotopic (exact) mass is 356 g/mol. The van der Waals surface area contributed by atoms with Crippen molar-refractivity contribution in [3.05, 3.63) is 76.1 Å². The van der Waals surface area contributed by atoms with E-state index in [-0.39, 0.29) is 17.3 Å². The second kappa shape index (κ2) is 7.45. The van der Waals surface area contributed by atoms with Crippen molar-refractivity contribution in [3.8, 4) is 0 Å². The summed E-state index contributed by atoms with van der Waals surface area (Å²) in [6.07, 6.45) is 1.23. The molecule has 8 nitrogen and oxygen atoms in total. The van der Waals surface area contributed by atoms with Gasteiger partial charge in [-0.25, -0.2) is 9.97 Å². The van der Waals surface area contributed by atoms with E-state index in [0.29, 0.717) is 10.7 Å². The van der Waals surface area contributed by atoms with Gasteiger partial charge >= 0.3 is 5.69 Å². The second-order valence-corrected chi connectivity index (χ2v) is 5.36. The highest BCUT2D eigenvalue weighted by atomic mass is 35.5. The van der Waals surface area contributed by atoms with Crippen LogP contribution in [-0.2, 0) is 0 Å². The van der Waals surface area contributed by atoms with Crippen LogP contribution in [-0.4, -0.2) is 14.9 Å². The van der Waals surface area contributed by atoms with Gasteiger partial charge in [-0.3, -0.25) is 21.0 Å². The topological polar surface area (TPSA) is 105 Å². The fraction of sp³-hybridized carbons (Fsp3) is 0. The first kappa shape index (κ1) is 16.5. The fourth-order valence-corrected chi connectivity index (χ4v) is 2.28. The molecule has 0 radical (unpaired) electrons. The summed E-state index contributed by atoms with van der Waals surface area (Å²) in [7, 11) is 0. The van der Waals surface area contributed by atoms with E-state index in [4.69, 9.17) is 11.6 Å². The number of hydrogen-bond donors (Lipinski definition) is 3. The lowest BCUT2D eigenvalue weighted by Gasteiger charge is -2.11. The van der Waals surface area contributed by atoms with Gasteiger partial charge in [0.05, 0.1) is 10.6 Å². The number of para-hydroxylation sites is 1. The highest BCUT2D eigenvalue weighted by Gasteiger charge is 2.23. The summed E-state index contributed by atoms with van der Waals surface area (Å²) < 4.78 is 0. The Kier molecular flexibility index (Phi) is 4.91. The van der Waals surface area contributed by atoms with E-state index in [1.165, 1.54) is 6.33 Å². The molecule has 3 rings (SSSR count). The van der Waals surface area contributed by atoms with Crippen molar-refractivity contribution < 1.29 is 4.92 Å². The van der Waals surface area contributed by atoms with Crippen LogP contribution in [0.15, 0.2) is 60.9 Å². The third kappa shape index (κ3) is 4.12. The van der Waals surface area contributed by atoms with Crippen LogP contribution in [0.1, 0.15) is 0 Å². The van der Waals surface area contributed by atoms with Crippen LogP contribution in [0, 0.1) is 10.1 Å². The lowest BCUT2D eigenvalue weighted by Crippen LogP contribution is -2.13. The van der Waals surface area contributed by atoms with Crippen LogP contribution in [0.4, 0.5) is 28.7 Å². The van der Waals surface area contributed by atoms with Gasteiger partial charge in [0.15, 0.2) is 0 Å². The van der Waals surface area contributed by atoms with Crippen LogP contribution >= 0.6 is 11.6 Å². The number of nitro groups is 1. The third-order valence-electron chi connectivity index (χ3n) is 3.19. The SMILES string of the molecule is O=[N+]([O-])c1c(NNc2ccccc2)ncnc1Nc1cccc(Cl)c1. The molecule has 0 aliphatic carbocycles. The molecule has 0 spiro atoms. The van der Waals surface area contributed by atoms with E-state index in [9.17, 15) is 10.1 Å². The Bertz CT molecular complexity index is 891. The number of nitrogens with one attached hydrogen (secondary N) is 3. The quantitative estimate of drug-likeness (QED) is 0.448. The van der Waals surface area contributed by atoms with E-state index in [2.05, 4.69) is 26.1 Å². The zero-order chi connectivity index (χ0) is 17.6. The fourth-order valence-electron chi connectivity index (χ4n) is 2.09. The summed E-state index contributed by atoms with van der Waals surface area (Å²) in [5.41, 5.74) is 6.63. The van der Waals surface area contributed by atoms with Gasteiger partial charge in [-0.05, 0) is 30.3 Å². The Morgan fingerprint density at radius 1 is 0.920 bits per heavy atom. The van der Waals surface area contributed by atoms with E-state index in [1.54, 1.807) is 24.3 Å². The number of hydrazine groups is 1. The van der Waals surface area contributed by atoms with Crippen molar-refractivity contribution >= 4 is 40.3 Å². The Morgan fingerprint density at radius 3 is 2.36 bits per heavy atom. The summed E-state index contributed by atoms with van der Waals surface area (Å²) in [5, 5.41) is 14.9. The van der Waals surface area contributed by atoms with Crippen LogP contribution in [0.25, 0.3) is 0 Å². The van der Waals surface area contributed by atoms with E-state index in [1.807, 2.05) is 30.3 Å². The molecule has 3 aromatic rings. The zero-order valence-corrected chi connectivity index (χ0v) is 13.6. The van der Waals surface area contributed by atoms with Crippen molar-refractivity contribution in [2.75, 3.05) is 16.2 Å². The van der Waals surface area contributed by atoms with Crippen molar-refractivity contribution in [2.45, 2.75) is 0 Å². The Hall–Kier alpha value is -3.39. The van der Waals surface area contributed by atoms with Crippen LogP contribution in [0.3, 0.4) is 0 Å². The van der Waals surface area contributed by atoms with Gasteiger partial charge in [0.2, 0.25) is 11.6 Å². The molecule has 0 unspecified atom stereocenters. The van der Waals surface area contributed by atoms with Crippen LogP contribution in [0.5, 0.6) is 0 Å². The van der Waals surface area contributed by atoms with Crippen molar-refractivity contribution in [1.82, 2.24) is 9.97 Å². The maximum atomic E-state index is 11.5. The highest BCUT2D eigenvalue weighted by molar-refractivity contribution is 6.30. The Morgan fingerprint density at radius 2 is 1.64 bits per heavy atom. The normalized spacial score (nSPS) is 10.1. The molecule has 0 aliphatic heterocycles. The Balaban J connectivity index is 1.87. The summed E-state index contributed by atoms with van der Waals surface area (Å²) >= 11 is 5.93. The number of hydrogen-bond acceptors (Lipinski definition) is 7. The van der Waals surface area contributed by atoms with Gasteiger partial charge in [-0.15, -0.1) is 0 Å². The molecule has 0 fully saturated rings. The summed E-state index contributed by atoms with van der Waals surface area (Å²) in [4.78, 5) is 18.9. The number of halogens is 1. The molecule has 0 saturated heterocycles. The predicted molar refractivity (Wildman–Crippen MR) is 97.1 cm³/mol. The van der Waals surface area contributed by atoms with Gasteiger partial charge in [-0.2, -0.15) is 0 Å². The maximum absolute atomic E-state index is 11.5. The lowest BCUT2D eigenvalue weighted by molar-refractivity contribution is -0.383. The highest BCUT2D eigenvalue weighted by Crippen LogP contribution is 2.31. The standard InChI is InChI=1S/C16H13ClN6O2/c17-11-5-4-8-13(9-11)20-15-14(23(24)25)16(19-10-18-15)22-21-12-6-2-1-3-7-12/h1-10,21H,(H2,18,19,20,22). The first-order chi connectivity index (χ1) is 12.1. The molecule has 0 bridgehead atoms. The summed E-state index contributed by atoms with van der Waals surface area (Å²) in [6, 6.07) is 16.0. The van der Waals surface area contributed by atoms with Gasteiger partial charge in [-0.1, -0.05) is 35.9 Å². The zero-order valence-electron chi connectivity index (χ0n) is 12.8. The summed E-state index contributed by atoms with van der Waals surface area (Å²) in [6.45, 7) is 0. The van der Waals surface area contributed by atoms with Gasteiger partial charge in [0.1, 0.15) is 6.33 Å². The van der Waals surface area contributed by atoms with E-state index < -0.39 is 4.92 Å². The minimum Gasteiger partial charge on any atom is -0.334 e. The number of benzene rings is 2. The molecule has 0 atom stereocenters. The maximum Gasteiger partial charge on any atom is 0.355 e. The smallest absolute Gasteiger partial charge is 0.334 e. The van der Waals surface area contributed by atoms with Crippen molar-refractivity contribution in [3.63, 3.8) is 0 Å². The molecule has 3 N–H and O–H groups in total. The van der Waals surface area contributed by atoms with Crippen LogP contribution in [0.2, 0.25) is 5.02 Å². The largest absolute Gasteiger partial charge is 0.355 e. The lowest BCUT2D eigenvalue weighted by atomic mass is 10.3. The molecule has 2 aromatic carbocycles. The first-order valence-electron chi connectivity index (χ1n) is 7.22. The number of nitrogens with zero attached hydrogens (tertiary/aromatic N) is 3. The minimum absolute atomic E-state index is 0.0355. The van der Waals surface area contributed by atoms with Crippen molar-refractivity contribution in [1.29, 1.82) is 0 Å². The predicted octanol–water partition coefficient (Wildman–Crippen LogP) is 4.22. The second-order valence-electron chi connectivity index (χ2n) is 4.93. The average molecular weight is 357 g/mol. The number of anilines is 4. The molecular formula is C16H13ClN6O2. The van der Waals surface area contributed by atoms with Gasteiger partial charge < -0.3 is 5.32 Å². The van der Waals surface area contributed by atoms with Gasteiger partial charge in [0.25, 0.3) is 0 Å². The molecule has 0 saturated carbocycles. The molecular weight excluding hydrogens is 344 g/mol. The third-order valence-corrected chi connectivity index (χ3v) is 3.43. The molecule has 126 valence electrons. The van der Waals surface area contributed by atoms with Gasteiger partial charge in [0, 0.05) is 10.7 Å². The van der Waals surface area contributed by atoms with Crippen LogP contribution < -0.4 is 16.2 Å². The molecule has 1 aromatic heterocycles. The van der Waals surface area contributed by atoms with E-state index in [0.717, 1.165) is 5.69 Å². The number of aromatic nitrogens is 2.